The summed E-state index contributed by atoms with van der Waals surface area (Å²) in [7, 11) is 3.64. The summed E-state index contributed by atoms with van der Waals surface area (Å²) in [5.74, 6) is -0.814. The van der Waals surface area contributed by atoms with Crippen LogP contribution < -0.4 is 4.90 Å². The van der Waals surface area contributed by atoms with Crippen LogP contribution >= 0.6 is 0 Å². The third-order valence-electron chi connectivity index (χ3n) is 1.98. The van der Waals surface area contributed by atoms with Gasteiger partial charge in [-0.3, -0.25) is 4.79 Å². The molecule has 0 fully saturated rings. The van der Waals surface area contributed by atoms with Gasteiger partial charge in [0.25, 0.3) is 0 Å². The molecule has 1 N–H and O–H groups in total. The van der Waals surface area contributed by atoms with Crippen LogP contribution in [0.1, 0.15) is 18.4 Å². The molecule has 1 aromatic rings. The minimum absolute atomic E-state index is 0.589. The summed E-state index contributed by atoms with van der Waals surface area (Å²) < 4.78 is 0. The zero-order valence-corrected chi connectivity index (χ0v) is 8.43. The van der Waals surface area contributed by atoms with Gasteiger partial charge in [-0.1, -0.05) is 0 Å². The lowest BCUT2D eigenvalue weighted by Crippen LogP contribution is -2.17. The molecule has 0 saturated carbocycles. The SMILES string of the molecule is CC(C(=O)O)c1cncnc1N(C)C. The largest absolute Gasteiger partial charge is 0.481 e. The molecule has 0 aromatic carbocycles. The summed E-state index contributed by atoms with van der Waals surface area (Å²) in [6, 6.07) is 0. The second-order valence-corrected chi connectivity index (χ2v) is 3.26. The van der Waals surface area contributed by atoms with Crippen LogP contribution in [0.4, 0.5) is 5.82 Å². The molecule has 0 radical (unpaired) electrons. The monoisotopic (exact) mass is 195 g/mol. The van der Waals surface area contributed by atoms with Crippen LogP contribution in [0.5, 0.6) is 0 Å². The van der Waals surface area contributed by atoms with Crippen LogP contribution in [0, 0.1) is 0 Å². The van der Waals surface area contributed by atoms with Crippen molar-refractivity contribution in [2.24, 2.45) is 0 Å². The Morgan fingerprint density at radius 2 is 2.21 bits per heavy atom. The number of hydrogen-bond acceptors (Lipinski definition) is 4. The fourth-order valence-electron chi connectivity index (χ4n) is 1.15. The zero-order chi connectivity index (χ0) is 10.7. The molecule has 5 heteroatoms. The van der Waals surface area contributed by atoms with E-state index in [-0.39, 0.29) is 0 Å². The van der Waals surface area contributed by atoms with E-state index in [1.54, 1.807) is 18.0 Å². The molecule has 0 spiro atoms. The standard InChI is InChI=1S/C9H13N3O2/c1-6(9(13)14)7-4-10-5-11-8(7)12(2)3/h4-6H,1-3H3,(H,13,14). The number of anilines is 1. The van der Waals surface area contributed by atoms with Gasteiger partial charge in [0.15, 0.2) is 0 Å². The topological polar surface area (TPSA) is 66.3 Å². The van der Waals surface area contributed by atoms with E-state index in [0.717, 1.165) is 0 Å². The van der Waals surface area contributed by atoms with Gasteiger partial charge in [0.1, 0.15) is 12.1 Å². The molecule has 1 atom stereocenters. The minimum Gasteiger partial charge on any atom is -0.481 e. The van der Waals surface area contributed by atoms with Crippen molar-refractivity contribution in [3.63, 3.8) is 0 Å². The fourth-order valence-corrected chi connectivity index (χ4v) is 1.15. The fraction of sp³-hybridized carbons (Fsp3) is 0.444. The van der Waals surface area contributed by atoms with E-state index in [1.165, 1.54) is 6.33 Å². The first-order chi connectivity index (χ1) is 6.54. The summed E-state index contributed by atoms with van der Waals surface area (Å²) in [6.45, 7) is 1.62. The number of carboxylic acids is 1. The number of nitrogens with zero attached hydrogens (tertiary/aromatic N) is 3. The third kappa shape index (κ3) is 1.99. The molecular formula is C9H13N3O2. The molecule has 1 aromatic heterocycles. The number of carbonyl (C=O) groups is 1. The molecule has 14 heavy (non-hydrogen) atoms. The molecule has 76 valence electrons. The summed E-state index contributed by atoms with van der Waals surface area (Å²) in [5, 5.41) is 8.87. The van der Waals surface area contributed by atoms with Gasteiger partial charge in [-0.2, -0.15) is 0 Å². The highest BCUT2D eigenvalue weighted by Gasteiger charge is 2.19. The van der Waals surface area contributed by atoms with E-state index in [0.29, 0.717) is 11.4 Å². The first-order valence-electron chi connectivity index (χ1n) is 4.24. The smallest absolute Gasteiger partial charge is 0.310 e. The Morgan fingerprint density at radius 3 is 2.71 bits per heavy atom. The maximum absolute atomic E-state index is 10.8. The predicted molar refractivity (Wildman–Crippen MR) is 52.4 cm³/mol. The Bertz CT molecular complexity index is 339. The average Bonchev–Trinajstić information content (AvgIpc) is 2.16. The van der Waals surface area contributed by atoms with Crippen molar-refractivity contribution in [3.05, 3.63) is 18.1 Å². The summed E-state index contributed by atoms with van der Waals surface area (Å²) in [5.41, 5.74) is 0.630. The molecule has 0 aliphatic carbocycles. The molecule has 0 aliphatic rings. The van der Waals surface area contributed by atoms with Crippen molar-refractivity contribution in [2.45, 2.75) is 12.8 Å². The van der Waals surface area contributed by atoms with Gasteiger partial charge < -0.3 is 10.0 Å². The molecule has 5 nitrogen and oxygen atoms in total. The van der Waals surface area contributed by atoms with Crippen LogP contribution in [0.3, 0.4) is 0 Å². The average molecular weight is 195 g/mol. The van der Waals surface area contributed by atoms with Crippen molar-refractivity contribution < 1.29 is 9.90 Å². The highest BCUT2D eigenvalue weighted by Crippen LogP contribution is 2.22. The number of rotatable bonds is 3. The number of aromatic nitrogens is 2. The first-order valence-corrected chi connectivity index (χ1v) is 4.24. The maximum atomic E-state index is 10.8. The lowest BCUT2D eigenvalue weighted by atomic mass is 10.0. The van der Waals surface area contributed by atoms with Crippen LogP contribution in [-0.2, 0) is 4.79 Å². The van der Waals surface area contributed by atoms with E-state index >= 15 is 0 Å². The lowest BCUT2D eigenvalue weighted by Gasteiger charge is -2.17. The highest BCUT2D eigenvalue weighted by molar-refractivity contribution is 5.77. The van der Waals surface area contributed by atoms with Crippen molar-refractivity contribution >= 4 is 11.8 Å². The molecule has 0 amide bonds. The minimum atomic E-state index is -0.872. The Balaban J connectivity index is 3.13. The maximum Gasteiger partial charge on any atom is 0.310 e. The van der Waals surface area contributed by atoms with Gasteiger partial charge >= 0.3 is 5.97 Å². The van der Waals surface area contributed by atoms with Gasteiger partial charge in [0.2, 0.25) is 0 Å². The summed E-state index contributed by atoms with van der Waals surface area (Å²) in [6.07, 6.45) is 2.95. The first kappa shape index (κ1) is 10.4. The highest BCUT2D eigenvalue weighted by atomic mass is 16.4. The van der Waals surface area contributed by atoms with Crippen LogP contribution in [0.25, 0.3) is 0 Å². The summed E-state index contributed by atoms with van der Waals surface area (Å²) >= 11 is 0. The Kier molecular flexibility index (Phi) is 3.01. The molecule has 0 bridgehead atoms. The van der Waals surface area contributed by atoms with Gasteiger partial charge in [-0.05, 0) is 6.92 Å². The molecule has 1 rings (SSSR count). The third-order valence-corrected chi connectivity index (χ3v) is 1.98. The Hall–Kier alpha value is -1.65. The lowest BCUT2D eigenvalue weighted by molar-refractivity contribution is -0.138. The second kappa shape index (κ2) is 4.04. The van der Waals surface area contributed by atoms with E-state index in [2.05, 4.69) is 9.97 Å². The Labute approximate surface area is 82.4 Å². The predicted octanol–water partition coefficient (Wildman–Crippen LogP) is 0.731. The van der Waals surface area contributed by atoms with Crippen molar-refractivity contribution in [1.29, 1.82) is 0 Å². The van der Waals surface area contributed by atoms with Crippen molar-refractivity contribution in [1.82, 2.24) is 9.97 Å². The van der Waals surface area contributed by atoms with Crippen LogP contribution in [0.2, 0.25) is 0 Å². The Morgan fingerprint density at radius 1 is 1.57 bits per heavy atom. The molecule has 1 unspecified atom stereocenters. The molecule has 1 heterocycles. The normalized spacial score (nSPS) is 12.2. The van der Waals surface area contributed by atoms with E-state index in [4.69, 9.17) is 5.11 Å². The second-order valence-electron chi connectivity index (χ2n) is 3.26. The summed E-state index contributed by atoms with van der Waals surface area (Å²) in [4.78, 5) is 20.4. The van der Waals surface area contributed by atoms with E-state index in [1.807, 2.05) is 14.1 Å². The van der Waals surface area contributed by atoms with Gasteiger partial charge in [0.05, 0.1) is 5.92 Å². The van der Waals surface area contributed by atoms with Gasteiger partial charge in [-0.15, -0.1) is 0 Å². The van der Waals surface area contributed by atoms with Crippen LogP contribution in [-0.4, -0.2) is 35.1 Å². The number of aliphatic carboxylic acids is 1. The van der Waals surface area contributed by atoms with E-state index < -0.39 is 11.9 Å². The van der Waals surface area contributed by atoms with Gasteiger partial charge in [-0.25, -0.2) is 9.97 Å². The van der Waals surface area contributed by atoms with Crippen molar-refractivity contribution in [3.8, 4) is 0 Å². The zero-order valence-electron chi connectivity index (χ0n) is 8.43. The molecule has 0 aliphatic heterocycles. The molecule has 0 saturated heterocycles. The quantitative estimate of drug-likeness (QED) is 0.770. The van der Waals surface area contributed by atoms with Crippen LogP contribution in [0.15, 0.2) is 12.5 Å². The number of carboxylic acid groups (broad SMARTS) is 1. The number of hydrogen-bond donors (Lipinski definition) is 1. The van der Waals surface area contributed by atoms with Crippen molar-refractivity contribution in [2.75, 3.05) is 19.0 Å². The van der Waals surface area contributed by atoms with E-state index in [9.17, 15) is 4.79 Å². The molecular weight excluding hydrogens is 182 g/mol. The van der Waals surface area contributed by atoms with Gasteiger partial charge in [0, 0.05) is 25.9 Å².